The summed E-state index contributed by atoms with van der Waals surface area (Å²) < 4.78 is 17.2. The topological polar surface area (TPSA) is 93.6 Å². The second-order valence-corrected chi connectivity index (χ2v) is 10.6. The number of hydrogen-bond donors (Lipinski definition) is 1. The van der Waals surface area contributed by atoms with Crippen molar-refractivity contribution < 1.29 is 9.18 Å². The van der Waals surface area contributed by atoms with Crippen molar-refractivity contribution >= 4 is 45.6 Å². The zero-order valence-electron chi connectivity index (χ0n) is 22.0. The largest absolute Gasteiger partial charge is 0.387 e. The molecule has 7 nitrogen and oxygen atoms in total. The van der Waals surface area contributed by atoms with E-state index < -0.39 is 5.82 Å². The smallest absolute Gasteiger partial charge is 0.258 e. The van der Waals surface area contributed by atoms with Crippen LogP contribution in [-0.4, -0.2) is 39.3 Å². The van der Waals surface area contributed by atoms with Gasteiger partial charge in [0.25, 0.3) is 5.56 Å². The molecular weight excluding hydrogens is 513 g/mol. The van der Waals surface area contributed by atoms with Crippen LogP contribution in [0.3, 0.4) is 0 Å². The maximum atomic E-state index is 15.5. The average Bonchev–Trinajstić information content (AvgIpc) is 3.37. The number of hydrogen-bond acceptors (Lipinski definition) is 6. The molecule has 0 unspecified atom stereocenters. The lowest BCUT2D eigenvalue weighted by Gasteiger charge is -2.22. The summed E-state index contributed by atoms with van der Waals surface area (Å²) in [6.45, 7) is 5.72. The second kappa shape index (κ2) is 11.3. The third-order valence-electron chi connectivity index (χ3n) is 6.71. The molecule has 0 aliphatic carbocycles. The van der Waals surface area contributed by atoms with E-state index in [2.05, 4.69) is 9.98 Å². The van der Waals surface area contributed by atoms with Crippen molar-refractivity contribution in [3.8, 4) is 11.1 Å². The first kappa shape index (κ1) is 26.5. The number of benzene rings is 2. The molecule has 2 aromatic carbocycles. The molecule has 200 valence electrons. The van der Waals surface area contributed by atoms with E-state index in [1.54, 1.807) is 46.1 Å². The highest BCUT2D eigenvalue weighted by Crippen LogP contribution is 2.35. The monoisotopic (exact) mass is 543 g/mol. The SMILES string of the molecule is CCCN(CCC)C(=O)C1=Cc2c(F)cc(-c3ccc4c(=O)n(Cc5nccs5)ccc4c3)cc2N=C(N)C1. The van der Waals surface area contributed by atoms with Gasteiger partial charge in [-0.1, -0.05) is 19.9 Å². The summed E-state index contributed by atoms with van der Waals surface area (Å²) in [6, 6.07) is 10.5. The third kappa shape index (κ3) is 5.54. The molecule has 0 radical (unpaired) electrons. The highest BCUT2D eigenvalue weighted by molar-refractivity contribution is 7.09. The molecule has 0 spiro atoms. The lowest BCUT2D eigenvalue weighted by Crippen LogP contribution is -2.34. The number of carbonyl (C=O) groups is 1. The van der Waals surface area contributed by atoms with Gasteiger partial charge in [0, 0.05) is 53.8 Å². The number of amides is 1. The van der Waals surface area contributed by atoms with Crippen LogP contribution in [-0.2, 0) is 11.3 Å². The number of thiazole rings is 1. The Bertz CT molecular complexity index is 1650. The second-order valence-electron chi connectivity index (χ2n) is 9.61. The molecule has 3 heterocycles. The van der Waals surface area contributed by atoms with Gasteiger partial charge in [-0.15, -0.1) is 11.3 Å². The van der Waals surface area contributed by atoms with Crippen LogP contribution in [0.5, 0.6) is 0 Å². The predicted molar refractivity (Wildman–Crippen MR) is 156 cm³/mol. The van der Waals surface area contributed by atoms with Crippen LogP contribution in [0.4, 0.5) is 10.1 Å². The van der Waals surface area contributed by atoms with E-state index in [4.69, 9.17) is 5.73 Å². The Morgan fingerprint density at radius 3 is 2.64 bits per heavy atom. The quantitative estimate of drug-likeness (QED) is 0.307. The molecule has 0 bridgehead atoms. The van der Waals surface area contributed by atoms with Crippen molar-refractivity contribution in [3.63, 3.8) is 0 Å². The van der Waals surface area contributed by atoms with Crippen molar-refractivity contribution in [3.05, 3.63) is 86.5 Å². The molecule has 0 fully saturated rings. The number of fused-ring (bicyclic) bond motifs is 2. The molecule has 2 aromatic heterocycles. The Labute approximate surface area is 230 Å². The van der Waals surface area contributed by atoms with Gasteiger partial charge >= 0.3 is 0 Å². The van der Waals surface area contributed by atoms with Crippen LogP contribution in [0.25, 0.3) is 28.0 Å². The standard InChI is InChI=1S/C30H30FN5O2S/c1-3-9-35(10-4-2)29(37)22-14-24-25(31)15-21(16-26(24)34-27(32)17-22)19-5-6-23-20(13-19)7-11-36(30(23)38)18-28-33-8-12-39-28/h5-8,11-16H,3-4,9-10,17-18H2,1-2H3,(H2,32,34). The number of pyridine rings is 1. The summed E-state index contributed by atoms with van der Waals surface area (Å²) >= 11 is 1.50. The van der Waals surface area contributed by atoms with E-state index in [1.807, 2.05) is 31.4 Å². The van der Waals surface area contributed by atoms with Crippen molar-refractivity contribution in [1.29, 1.82) is 0 Å². The lowest BCUT2D eigenvalue weighted by molar-refractivity contribution is -0.127. The Hall–Kier alpha value is -4.11. The molecule has 0 atom stereocenters. The molecule has 5 rings (SSSR count). The first-order chi connectivity index (χ1) is 18.9. The van der Waals surface area contributed by atoms with E-state index in [9.17, 15) is 9.59 Å². The number of halogens is 1. The summed E-state index contributed by atoms with van der Waals surface area (Å²) in [6.07, 6.45) is 6.89. The molecule has 4 aromatic rings. The zero-order chi connectivity index (χ0) is 27.5. The highest BCUT2D eigenvalue weighted by Gasteiger charge is 2.23. The van der Waals surface area contributed by atoms with Gasteiger partial charge in [0.05, 0.1) is 12.2 Å². The number of aromatic nitrogens is 2. The van der Waals surface area contributed by atoms with Crippen molar-refractivity contribution in [2.45, 2.75) is 39.7 Å². The van der Waals surface area contributed by atoms with E-state index in [0.717, 1.165) is 28.8 Å². The number of nitrogens with zero attached hydrogens (tertiary/aromatic N) is 4. The summed E-state index contributed by atoms with van der Waals surface area (Å²) in [7, 11) is 0. The molecular formula is C30H30FN5O2S. The minimum atomic E-state index is -0.484. The fourth-order valence-electron chi connectivity index (χ4n) is 4.88. The van der Waals surface area contributed by atoms with Crippen molar-refractivity contribution in [2.75, 3.05) is 13.1 Å². The molecule has 39 heavy (non-hydrogen) atoms. The third-order valence-corrected chi connectivity index (χ3v) is 7.47. The molecule has 9 heteroatoms. The van der Waals surface area contributed by atoms with Gasteiger partial charge in [-0.2, -0.15) is 0 Å². The van der Waals surface area contributed by atoms with E-state index in [0.29, 0.717) is 41.8 Å². The number of amidine groups is 1. The summed E-state index contributed by atoms with van der Waals surface area (Å²) in [4.78, 5) is 36.8. The summed E-state index contributed by atoms with van der Waals surface area (Å²) in [5, 5.41) is 4.07. The van der Waals surface area contributed by atoms with E-state index in [1.165, 1.54) is 17.4 Å². The number of carbonyl (C=O) groups excluding carboxylic acids is 1. The normalized spacial score (nSPS) is 13.0. The van der Waals surface area contributed by atoms with Gasteiger partial charge in [-0.3, -0.25) is 9.59 Å². The highest BCUT2D eigenvalue weighted by atomic mass is 32.1. The maximum absolute atomic E-state index is 15.5. The first-order valence-corrected chi connectivity index (χ1v) is 13.9. The van der Waals surface area contributed by atoms with Gasteiger partial charge in [-0.25, -0.2) is 14.4 Å². The van der Waals surface area contributed by atoms with Crippen LogP contribution in [0.1, 0.15) is 43.7 Å². The van der Waals surface area contributed by atoms with Gasteiger partial charge in [-0.05, 0) is 65.8 Å². The number of nitrogens with two attached hydrogens (primary N) is 1. The molecule has 1 aliphatic heterocycles. The summed E-state index contributed by atoms with van der Waals surface area (Å²) in [5.41, 5.74) is 8.50. The minimum Gasteiger partial charge on any atom is -0.387 e. The predicted octanol–water partition coefficient (Wildman–Crippen LogP) is 5.74. The number of aliphatic imine (C=N–C) groups is 1. The Balaban J connectivity index is 1.50. The van der Waals surface area contributed by atoms with Gasteiger partial charge < -0.3 is 15.2 Å². The molecule has 1 aliphatic rings. The Morgan fingerprint density at radius 2 is 1.92 bits per heavy atom. The summed E-state index contributed by atoms with van der Waals surface area (Å²) in [5.74, 6) is -0.358. The maximum Gasteiger partial charge on any atom is 0.258 e. The van der Waals surface area contributed by atoms with Gasteiger partial charge in [0.2, 0.25) is 5.91 Å². The van der Waals surface area contributed by atoms with Crippen LogP contribution >= 0.6 is 11.3 Å². The van der Waals surface area contributed by atoms with Gasteiger partial charge in [0.15, 0.2) is 0 Å². The first-order valence-electron chi connectivity index (χ1n) is 13.1. The number of rotatable bonds is 8. The fraction of sp³-hybridized carbons (Fsp3) is 0.267. The minimum absolute atomic E-state index is 0.109. The molecule has 0 saturated heterocycles. The van der Waals surface area contributed by atoms with Crippen LogP contribution in [0.15, 0.2) is 69.5 Å². The fourth-order valence-corrected chi connectivity index (χ4v) is 5.50. The van der Waals surface area contributed by atoms with Crippen LogP contribution < -0.4 is 11.3 Å². The van der Waals surface area contributed by atoms with E-state index in [-0.39, 0.29) is 29.3 Å². The molecule has 0 saturated carbocycles. The van der Waals surface area contributed by atoms with Crippen LogP contribution in [0.2, 0.25) is 0 Å². The zero-order valence-corrected chi connectivity index (χ0v) is 22.8. The molecule has 1 amide bonds. The van der Waals surface area contributed by atoms with Crippen molar-refractivity contribution in [1.82, 2.24) is 14.5 Å². The lowest BCUT2D eigenvalue weighted by atomic mass is 9.98. The van der Waals surface area contributed by atoms with Crippen LogP contribution in [0, 0.1) is 5.82 Å². The molecule has 2 N–H and O–H groups in total. The van der Waals surface area contributed by atoms with E-state index >= 15 is 4.39 Å². The van der Waals surface area contributed by atoms with Gasteiger partial charge in [0.1, 0.15) is 16.7 Å². The Morgan fingerprint density at radius 1 is 1.13 bits per heavy atom. The van der Waals surface area contributed by atoms with Crippen molar-refractivity contribution in [2.24, 2.45) is 10.7 Å². The average molecular weight is 544 g/mol. The Kier molecular flexibility index (Phi) is 7.70.